The number of aliphatic hydroxyl groups excluding tert-OH is 1. The summed E-state index contributed by atoms with van der Waals surface area (Å²) in [6.45, 7) is 6.20. The van der Waals surface area contributed by atoms with Crippen molar-refractivity contribution in [1.82, 2.24) is 15.0 Å². The van der Waals surface area contributed by atoms with E-state index >= 15 is 0 Å². The van der Waals surface area contributed by atoms with Gasteiger partial charge in [0, 0.05) is 56.0 Å². The first-order chi connectivity index (χ1) is 14.2. The van der Waals surface area contributed by atoms with Gasteiger partial charge in [0.2, 0.25) is 0 Å². The maximum atomic E-state index is 9.42. The molecule has 2 aliphatic rings. The minimum absolute atomic E-state index is 0.0370. The Morgan fingerprint density at radius 3 is 2.55 bits per heavy atom. The lowest BCUT2D eigenvalue weighted by Crippen LogP contribution is -2.59. The van der Waals surface area contributed by atoms with Gasteiger partial charge in [-0.1, -0.05) is 25.1 Å². The second-order valence-electron chi connectivity index (χ2n) is 8.62. The molecule has 5 rings (SSSR count). The van der Waals surface area contributed by atoms with Crippen molar-refractivity contribution in [2.75, 3.05) is 42.6 Å². The molecule has 150 valence electrons. The van der Waals surface area contributed by atoms with Crippen LogP contribution in [-0.4, -0.2) is 52.8 Å². The minimum Gasteiger partial charge on any atom is -0.396 e. The largest absolute Gasteiger partial charge is 0.396 e. The summed E-state index contributed by atoms with van der Waals surface area (Å²) in [6.07, 6.45) is 5.62. The number of piperidine rings is 1. The van der Waals surface area contributed by atoms with Crippen LogP contribution in [0.15, 0.2) is 48.8 Å². The highest BCUT2D eigenvalue weighted by Crippen LogP contribution is 2.40. The van der Waals surface area contributed by atoms with Crippen LogP contribution in [0.5, 0.6) is 0 Å². The molecule has 3 aromatic rings. The van der Waals surface area contributed by atoms with E-state index in [1.54, 1.807) is 6.20 Å². The summed E-state index contributed by atoms with van der Waals surface area (Å²) in [6, 6.07) is 12.5. The molecule has 0 bridgehead atoms. The molecule has 2 aromatic heterocycles. The zero-order valence-corrected chi connectivity index (χ0v) is 16.8. The number of benzene rings is 1. The summed E-state index contributed by atoms with van der Waals surface area (Å²) in [5.74, 6) is 2.45. The number of pyridine rings is 1. The van der Waals surface area contributed by atoms with E-state index < -0.39 is 0 Å². The Morgan fingerprint density at radius 1 is 1.00 bits per heavy atom. The summed E-state index contributed by atoms with van der Waals surface area (Å²) < 4.78 is 0. The Kier molecular flexibility index (Phi) is 4.59. The minimum atomic E-state index is -0.0370. The van der Waals surface area contributed by atoms with Crippen molar-refractivity contribution < 1.29 is 5.11 Å². The fraction of sp³-hybridized carbons (Fsp3) is 0.435. The van der Waals surface area contributed by atoms with Crippen LogP contribution in [0.25, 0.3) is 10.9 Å². The van der Waals surface area contributed by atoms with Crippen LogP contribution >= 0.6 is 0 Å². The van der Waals surface area contributed by atoms with E-state index in [0.29, 0.717) is 5.92 Å². The molecule has 2 aliphatic heterocycles. The zero-order valence-electron chi connectivity index (χ0n) is 16.8. The molecule has 0 atom stereocenters. The third-order valence-electron chi connectivity index (χ3n) is 6.41. The van der Waals surface area contributed by atoms with Gasteiger partial charge < -0.3 is 14.9 Å². The summed E-state index contributed by atoms with van der Waals surface area (Å²) in [5, 5.41) is 10.6. The van der Waals surface area contributed by atoms with E-state index in [0.717, 1.165) is 61.9 Å². The van der Waals surface area contributed by atoms with Gasteiger partial charge in [0.05, 0.1) is 11.2 Å². The SMILES string of the molecule is CC1(c2nccnc2N2CCC(CO)CC2)CN(c2ccc3ccccc3n2)C1. The van der Waals surface area contributed by atoms with Gasteiger partial charge in [0.1, 0.15) is 5.82 Å². The number of aliphatic hydroxyl groups is 1. The fourth-order valence-electron chi connectivity index (χ4n) is 4.65. The van der Waals surface area contributed by atoms with Crippen molar-refractivity contribution in [2.24, 2.45) is 5.92 Å². The highest BCUT2D eigenvalue weighted by atomic mass is 16.3. The van der Waals surface area contributed by atoms with Gasteiger partial charge >= 0.3 is 0 Å². The van der Waals surface area contributed by atoms with E-state index in [9.17, 15) is 5.11 Å². The predicted molar refractivity (Wildman–Crippen MR) is 115 cm³/mol. The summed E-state index contributed by atoms with van der Waals surface area (Å²) >= 11 is 0. The van der Waals surface area contributed by atoms with Crippen molar-refractivity contribution in [2.45, 2.75) is 25.2 Å². The molecule has 1 N–H and O–H groups in total. The lowest BCUT2D eigenvalue weighted by molar-refractivity contribution is 0.202. The van der Waals surface area contributed by atoms with Crippen molar-refractivity contribution >= 4 is 22.5 Å². The first kappa shape index (κ1) is 18.3. The number of anilines is 2. The quantitative estimate of drug-likeness (QED) is 0.740. The number of nitrogens with zero attached hydrogens (tertiary/aromatic N) is 5. The van der Waals surface area contributed by atoms with Gasteiger partial charge in [-0.25, -0.2) is 9.97 Å². The molecule has 4 heterocycles. The molecule has 2 fully saturated rings. The third-order valence-corrected chi connectivity index (χ3v) is 6.41. The van der Waals surface area contributed by atoms with E-state index in [1.165, 1.54) is 5.39 Å². The molecule has 6 nitrogen and oxygen atoms in total. The van der Waals surface area contributed by atoms with Crippen LogP contribution < -0.4 is 9.80 Å². The number of hydrogen-bond acceptors (Lipinski definition) is 6. The lowest BCUT2D eigenvalue weighted by atomic mass is 9.78. The third kappa shape index (κ3) is 3.31. The maximum Gasteiger partial charge on any atom is 0.151 e. The van der Waals surface area contributed by atoms with Crippen molar-refractivity contribution in [1.29, 1.82) is 0 Å². The van der Waals surface area contributed by atoms with Crippen molar-refractivity contribution in [3.63, 3.8) is 0 Å². The van der Waals surface area contributed by atoms with Crippen LogP contribution in [0.1, 0.15) is 25.5 Å². The Morgan fingerprint density at radius 2 is 1.76 bits per heavy atom. The molecule has 0 aliphatic carbocycles. The molecular formula is C23H27N5O. The molecule has 29 heavy (non-hydrogen) atoms. The highest BCUT2D eigenvalue weighted by Gasteiger charge is 2.44. The Labute approximate surface area is 171 Å². The number of rotatable bonds is 4. The van der Waals surface area contributed by atoms with E-state index in [4.69, 9.17) is 15.0 Å². The second kappa shape index (κ2) is 7.26. The lowest BCUT2D eigenvalue weighted by Gasteiger charge is -2.49. The molecule has 0 saturated carbocycles. The van der Waals surface area contributed by atoms with Crippen molar-refractivity contribution in [3.8, 4) is 0 Å². The van der Waals surface area contributed by atoms with Crippen LogP contribution in [-0.2, 0) is 5.41 Å². The van der Waals surface area contributed by atoms with Crippen LogP contribution in [0.2, 0.25) is 0 Å². The molecular weight excluding hydrogens is 362 g/mol. The van der Waals surface area contributed by atoms with Crippen LogP contribution in [0.4, 0.5) is 11.6 Å². The van der Waals surface area contributed by atoms with Crippen LogP contribution in [0.3, 0.4) is 0 Å². The predicted octanol–water partition coefficient (Wildman–Crippen LogP) is 3.01. The number of fused-ring (bicyclic) bond motifs is 1. The van der Waals surface area contributed by atoms with Gasteiger partial charge in [-0.15, -0.1) is 0 Å². The molecule has 0 amide bonds. The van der Waals surface area contributed by atoms with Crippen LogP contribution in [0, 0.1) is 5.92 Å². The highest BCUT2D eigenvalue weighted by molar-refractivity contribution is 5.80. The zero-order chi connectivity index (χ0) is 19.8. The topological polar surface area (TPSA) is 65.4 Å². The Balaban J connectivity index is 1.36. The molecule has 1 aromatic carbocycles. The first-order valence-corrected chi connectivity index (χ1v) is 10.4. The van der Waals surface area contributed by atoms with Gasteiger partial charge in [-0.3, -0.25) is 4.98 Å². The average molecular weight is 390 g/mol. The molecule has 0 spiro atoms. The van der Waals surface area contributed by atoms with E-state index in [-0.39, 0.29) is 12.0 Å². The van der Waals surface area contributed by atoms with Gasteiger partial charge in [0.25, 0.3) is 0 Å². The second-order valence-corrected chi connectivity index (χ2v) is 8.62. The smallest absolute Gasteiger partial charge is 0.151 e. The summed E-state index contributed by atoms with van der Waals surface area (Å²) in [7, 11) is 0. The summed E-state index contributed by atoms with van der Waals surface area (Å²) in [5.41, 5.74) is 2.08. The molecule has 0 radical (unpaired) electrons. The summed E-state index contributed by atoms with van der Waals surface area (Å²) in [4.78, 5) is 19.0. The Hall–Kier alpha value is -2.73. The average Bonchev–Trinajstić information content (AvgIpc) is 2.76. The van der Waals surface area contributed by atoms with E-state index in [1.807, 2.05) is 18.3 Å². The fourth-order valence-corrected chi connectivity index (χ4v) is 4.65. The maximum absolute atomic E-state index is 9.42. The normalized spacial score (nSPS) is 19.4. The number of para-hydroxylation sites is 1. The molecule has 2 saturated heterocycles. The monoisotopic (exact) mass is 389 g/mol. The standard InChI is InChI=1S/C23H27N5O/c1-23(15-28(16-23)20-7-6-18-4-2-3-5-19(18)26-20)21-22(25-11-10-24-21)27-12-8-17(14-29)9-13-27/h2-7,10-11,17,29H,8-9,12-16H2,1H3. The Bertz CT molecular complexity index is 1010. The number of aromatic nitrogens is 3. The van der Waals surface area contributed by atoms with Crippen molar-refractivity contribution in [3.05, 3.63) is 54.5 Å². The molecule has 6 heteroatoms. The number of hydrogen-bond donors (Lipinski definition) is 1. The van der Waals surface area contributed by atoms with Gasteiger partial charge in [0.15, 0.2) is 5.82 Å². The van der Waals surface area contributed by atoms with Gasteiger partial charge in [-0.2, -0.15) is 0 Å². The molecule has 0 unspecified atom stereocenters. The van der Waals surface area contributed by atoms with E-state index in [2.05, 4.69) is 41.0 Å². The first-order valence-electron chi connectivity index (χ1n) is 10.4. The van der Waals surface area contributed by atoms with Gasteiger partial charge in [-0.05, 0) is 37.0 Å².